The Morgan fingerprint density at radius 3 is 2.05 bits per heavy atom. The SMILES string of the molecule is O=C(/C=C/c1ccc(O)cc1)O[C@@H]1C[C@@H](OCCC(c2ccc(Cl)cc2)c2ccc(Cl)cc2)C[C@H](O)[C@H]1O. The van der Waals surface area contributed by atoms with Gasteiger partial charge in [-0.3, -0.25) is 0 Å². The number of aliphatic hydroxyl groups is 2. The van der Waals surface area contributed by atoms with E-state index in [1.54, 1.807) is 18.2 Å². The highest BCUT2D eigenvalue weighted by molar-refractivity contribution is 6.30. The molecule has 1 fully saturated rings. The van der Waals surface area contributed by atoms with Crippen molar-refractivity contribution in [1.29, 1.82) is 0 Å². The van der Waals surface area contributed by atoms with E-state index in [4.69, 9.17) is 32.7 Å². The third kappa shape index (κ3) is 7.82. The zero-order chi connectivity index (χ0) is 27.1. The molecule has 3 aromatic rings. The minimum Gasteiger partial charge on any atom is -0.508 e. The summed E-state index contributed by atoms with van der Waals surface area (Å²) in [5, 5.41) is 31.5. The molecule has 0 radical (unpaired) electrons. The molecule has 8 heteroatoms. The van der Waals surface area contributed by atoms with Gasteiger partial charge in [0.1, 0.15) is 18.0 Å². The fraction of sp³-hybridized carbons (Fsp3) is 0.300. The molecule has 1 aliphatic rings. The minimum absolute atomic E-state index is 0.0438. The first-order valence-corrected chi connectivity index (χ1v) is 13.2. The van der Waals surface area contributed by atoms with Gasteiger partial charge < -0.3 is 24.8 Å². The number of aromatic hydroxyl groups is 1. The van der Waals surface area contributed by atoms with E-state index in [9.17, 15) is 20.1 Å². The monoisotopic (exact) mass is 556 g/mol. The van der Waals surface area contributed by atoms with Crippen molar-refractivity contribution >= 4 is 35.2 Å². The van der Waals surface area contributed by atoms with E-state index in [1.165, 1.54) is 18.2 Å². The van der Waals surface area contributed by atoms with E-state index < -0.39 is 24.3 Å². The van der Waals surface area contributed by atoms with E-state index in [0.717, 1.165) is 11.1 Å². The van der Waals surface area contributed by atoms with Crippen LogP contribution in [0.4, 0.5) is 0 Å². The average molecular weight is 557 g/mol. The predicted molar refractivity (Wildman–Crippen MR) is 147 cm³/mol. The van der Waals surface area contributed by atoms with Crippen LogP contribution in [0.2, 0.25) is 10.0 Å². The molecule has 0 aliphatic heterocycles. The third-order valence-electron chi connectivity index (χ3n) is 6.65. The Hall–Kier alpha value is -2.87. The second-order valence-electron chi connectivity index (χ2n) is 9.37. The van der Waals surface area contributed by atoms with Crippen LogP contribution in [-0.4, -0.2) is 52.3 Å². The molecule has 1 aliphatic carbocycles. The smallest absolute Gasteiger partial charge is 0.331 e. The lowest BCUT2D eigenvalue weighted by Crippen LogP contribution is -2.48. The minimum atomic E-state index is -1.20. The highest BCUT2D eigenvalue weighted by Gasteiger charge is 2.38. The molecule has 38 heavy (non-hydrogen) atoms. The van der Waals surface area contributed by atoms with Gasteiger partial charge in [0, 0.05) is 41.5 Å². The molecule has 0 bridgehead atoms. The summed E-state index contributed by atoms with van der Waals surface area (Å²) in [5.41, 5.74) is 2.89. The Morgan fingerprint density at radius 1 is 0.895 bits per heavy atom. The van der Waals surface area contributed by atoms with Crippen LogP contribution in [-0.2, 0) is 14.3 Å². The normalized spacial score (nSPS) is 21.6. The summed E-state index contributed by atoms with van der Waals surface area (Å²) in [6, 6.07) is 21.7. The van der Waals surface area contributed by atoms with E-state index in [2.05, 4.69) is 0 Å². The van der Waals surface area contributed by atoms with Crippen molar-refractivity contribution in [3.63, 3.8) is 0 Å². The van der Waals surface area contributed by atoms with Gasteiger partial charge in [-0.05, 0) is 65.6 Å². The lowest BCUT2D eigenvalue weighted by Gasteiger charge is -2.36. The Labute approximate surface area is 232 Å². The van der Waals surface area contributed by atoms with Gasteiger partial charge in [0.2, 0.25) is 0 Å². The fourth-order valence-electron chi connectivity index (χ4n) is 4.61. The van der Waals surface area contributed by atoms with E-state index in [-0.39, 0.29) is 30.6 Å². The van der Waals surface area contributed by atoms with Crippen LogP contribution in [0.5, 0.6) is 5.75 Å². The van der Waals surface area contributed by atoms with Crippen molar-refractivity contribution in [3.05, 3.63) is 106 Å². The van der Waals surface area contributed by atoms with Crippen molar-refractivity contribution < 1.29 is 29.6 Å². The number of carbonyl (C=O) groups is 1. The molecule has 0 spiro atoms. The van der Waals surface area contributed by atoms with E-state index >= 15 is 0 Å². The summed E-state index contributed by atoms with van der Waals surface area (Å²) in [5.74, 6) is -0.467. The lowest BCUT2D eigenvalue weighted by atomic mass is 9.88. The fourth-order valence-corrected chi connectivity index (χ4v) is 4.86. The summed E-state index contributed by atoms with van der Waals surface area (Å²) in [6.07, 6.45) is 0.418. The van der Waals surface area contributed by atoms with Crippen LogP contribution < -0.4 is 0 Å². The van der Waals surface area contributed by atoms with Gasteiger partial charge in [-0.1, -0.05) is 59.6 Å². The summed E-state index contributed by atoms with van der Waals surface area (Å²) in [7, 11) is 0. The molecule has 6 nitrogen and oxygen atoms in total. The molecule has 4 rings (SSSR count). The first-order valence-electron chi connectivity index (χ1n) is 12.4. The molecule has 3 aromatic carbocycles. The van der Waals surface area contributed by atoms with Crippen molar-refractivity contribution in [3.8, 4) is 5.75 Å². The van der Waals surface area contributed by atoms with Gasteiger partial charge in [-0.2, -0.15) is 0 Å². The second kappa shape index (κ2) is 13.3. The van der Waals surface area contributed by atoms with Crippen LogP contribution in [0.25, 0.3) is 6.08 Å². The van der Waals surface area contributed by atoms with Gasteiger partial charge in [-0.25, -0.2) is 4.79 Å². The number of ether oxygens (including phenoxy) is 2. The number of phenols is 1. The van der Waals surface area contributed by atoms with E-state index in [0.29, 0.717) is 28.6 Å². The quantitative estimate of drug-likeness (QED) is 0.229. The maximum Gasteiger partial charge on any atom is 0.331 e. The highest BCUT2D eigenvalue weighted by Crippen LogP contribution is 2.31. The molecular formula is C30H30Cl2O6. The summed E-state index contributed by atoms with van der Waals surface area (Å²) in [6.45, 7) is 0.394. The molecule has 1 saturated carbocycles. The Balaban J connectivity index is 1.36. The van der Waals surface area contributed by atoms with E-state index in [1.807, 2.05) is 48.5 Å². The largest absolute Gasteiger partial charge is 0.508 e. The zero-order valence-electron chi connectivity index (χ0n) is 20.6. The molecule has 4 atom stereocenters. The molecule has 0 aromatic heterocycles. The number of aliphatic hydroxyl groups excluding tert-OH is 2. The lowest BCUT2D eigenvalue weighted by molar-refractivity contribution is -0.170. The Morgan fingerprint density at radius 2 is 1.47 bits per heavy atom. The standard InChI is InChI=1S/C30H30Cl2O6/c31-22-8-4-20(5-9-22)26(21-6-10-23(32)11-7-21)15-16-37-25-17-27(34)30(36)28(18-25)38-29(35)14-3-19-1-12-24(33)13-2-19/h1-14,25-28,30,33-34,36H,15-18H2/b14-3+/t25-,27-,28+,30+/m0/s1. The topological polar surface area (TPSA) is 96.2 Å². The average Bonchev–Trinajstić information content (AvgIpc) is 2.90. The second-order valence-corrected chi connectivity index (χ2v) is 10.2. The summed E-state index contributed by atoms with van der Waals surface area (Å²) >= 11 is 12.2. The zero-order valence-corrected chi connectivity index (χ0v) is 22.1. The Kier molecular flexibility index (Phi) is 9.83. The van der Waals surface area contributed by atoms with Crippen LogP contribution in [0.1, 0.15) is 41.9 Å². The predicted octanol–water partition coefficient (Wildman–Crippen LogP) is 5.75. The first-order chi connectivity index (χ1) is 18.3. The molecule has 200 valence electrons. The molecule has 3 N–H and O–H groups in total. The molecule has 0 heterocycles. The number of hydrogen-bond acceptors (Lipinski definition) is 6. The first kappa shape index (κ1) is 28.1. The number of esters is 1. The number of halogens is 2. The molecule has 0 amide bonds. The van der Waals surface area contributed by atoms with Gasteiger partial charge in [0.05, 0.1) is 12.2 Å². The number of phenolic OH excluding ortho intramolecular Hbond substituents is 1. The summed E-state index contributed by atoms with van der Waals surface area (Å²) in [4.78, 5) is 12.4. The van der Waals surface area contributed by atoms with Gasteiger partial charge in [0.25, 0.3) is 0 Å². The van der Waals surface area contributed by atoms with Crippen LogP contribution >= 0.6 is 23.2 Å². The number of benzene rings is 3. The van der Waals surface area contributed by atoms with Gasteiger partial charge in [0.15, 0.2) is 0 Å². The summed E-state index contributed by atoms with van der Waals surface area (Å²) < 4.78 is 11.6. The molecular weight excluding hydrogens is 527 g/mol. The van der Waals surface area contributed by atoms with Crippen LogP contribution in [0.15, 0.2) is 78.9 Å². The number of carbonyl (C=O) groups excluding carboxylic acids is 1. The third-order valence-corrected chi connectivity index (χ3v) is 7.16. The highest BCUT2D eigenvalue weighted by atomic mass is 35.5. The number of hydrogen-bond donors (Lipinski definition) is 3. The van der Waals surface area contributed by atoms with Gasteiger partial charge in [-0.15, -0.1) is 0 Å². The Bertz CT molecular complexity index is 1170. The van der Waals surface area contributed by atoms with Crippen LogP contribution in [0.3, 0.4) is 0 Å². The molecule has 0 unspecified atom stereocenters. The van der Waals surface area contributed by atoms with Crippen molar-refractivity contribution in [2.24, 2.45) is 0 Å². The maximum absolute atomic E-state index is 12.4. The van der Waals surface area contributed by atoms with Crippen LogP contribution in [0, 0.1) is 0 Å². The number of rotatable bonds is 9. The van der Waals surface area contributed by atoms with Crippen molar-refractivity contribution in [1.82, 2.24) is 0 Å². The van der Waals surface area contributed by atoms with Gasteiger partial charge >= 0.3 is 5.97 Å². The maximum atomic E-state index is 12.4. The molecule has 0 saturated heterocycles. The van der Waals surface area contributed by atoms with Crippen molar-refractivity contribution in [2.75, 3.05) is 6.61 Å². The van der Waals surface area contributed by atoms with Crippen molar-refractivity contribution in [2.45, 2.75) is 49.6 Å².